The van der Waals surface area contributed by atoms with E-state index in [-0.39, 0.29) is 35.6 Å². The molecule has 6 heteroatoms. The Labute approximate surface area is 133 Å². The van der Waals surface area contributed by atoms with Gasteiger partial charge < -0.3 is 15.0 Å². The topological polar surface area (TPSA) is 58.6 Å². The zero-order valence-corrected chi connectivity index (χ0v) is 13.8. The molecular weight excluding hydrogens is 292 g/mol. The van der Waals surface area contributed by atoms with Crippen LogP contribution in [0.2, 0.25) is 0 Å². The Balaban J connectivity index is 0.00000220. The fourth-order valence-corrected chi connectivity index (χ4v) is 3.23. The molecule has 2 saturated heterocycles. The van der Waals surface area contributed by atoms with Crippen molar-refractivity contribution >= 4 is 24.3 Å². The van der Waals surface area contributed by atoms with Crippen molar-refractivity contribution in [2.24, 2.45) is 11.3 Å². The van der Waals surface area contributed by atoms with Crippen molar-refractivity contribution in [2.45, 2.75) is 39.5 Å². The molecule has 2 heterocycles. The second-order valence-corrected chi connectivity index (χ2v) is 6.18. The Bertz CT molecular complexity index is 370. The predicted octanol–water partition coefficient (Wildman–Crippen LogP) is 1.60. The molecule has 0 spiro atoms. The molecule has 2 atom stereocenters. The number of esters is 1. The highest BCUT2D eigenvalue weighted by Gasteiger charge is 2.40. The minimum absolute atomic E-state index is 0. The fraction of sp³-hybridized carbons (Fsp3) is 0.867. The quantitative estimate of drug-likeness (QED) is 0.803. The van der Waals surface area contributed by atoms with Gasteiger partial charge in [0.2, 0.25) is 5.91 Å². The molecule has 0 aromatic rings. The van der Waals surface area contributed by atoms with Crippen molar-refractivity contribution in [3.05, 3.63) is 0 Å². The van der Waals surface area contributed by atoms with Gasteiger partial charge in [-0.1, -0.05) is 0 Å². The lowest BCUT2D eigenvalue weighted by Crippen LogP contribution is -2.53. The van der Waals surface area contributed by atoms with E-state index < -0.39 is 0 Å². The summed E-state index contributed by atoms with van der Waals surface area (Å²) < 4.78 is 5.09. The number of hydrogen-bond donors (Lipinski definition) is 1. The number of piperidine rings is 2. The number of amides is 1. The third-order valence-electron chi connectivity index (χ3n) is 4.44. The van der Waals surface area contributed by atoms with Crippen LogP contribution in [0.4, 0.5) is 0 Å². The SMILES string of the molecule is CCOC(=O)C1CCCN(C(=O)C2(C)CCCNC2)C1.Cl. The number of nitrogens with zero attached hydrogens (tertiary/aromatic N) is 1. The first-order valence-corrected chi connectivity index (χ1v) is 7.73. The first-order chi connectivity index (χ1) is 9.57. The van der Waals surface area contributed by atoms with Crippen LogP contribution in [0.15, 0.2) is 0 Å². The van der Waals surface area contributed by atoms with E-state index in [0.717, 1.165) is 45.3 Å². The van der Waals surface area contributed by atoms with Crippen molar-refractivity contribution in [1.82, 2.24) is 10.2 Å². The second kappa shape index (κ2) is 7.99. The third-order valence-corrected chi connectivity index (χ3v) is 4.44. The highest BCUT2D eigenvalue weighted by Crippen LogP contribution is 2.30. The molecule has 2 fully saturated rings. The van der Waals surface area contributed by atoms with Crippen molar-refractivity contribution < 1.29 is 14.3 Å². The van der Waals surface area contributed by atoms with Gasteiger partial charge in [-0.3, -0.25) is 9.59 Å². The first kappa shape index (κ1) is 18.2. The first-order valence-electron chi connectivity index (χ1n) is 7.73. The number of hydrogen-bond acceptors (Lipinski definition) is 4. The van der Waals surface area contributed by atoms with Crippen molar-refractivity contribution in [2.75, 3.05) is 32.8 Å². The molecule has 122 valence electrons. The standard InChI is InChI=1S/C15H26N2O3.ClH/c1-3-20-13(18)12-6-4-9-17(10-12)14(19)15(2)7-5-8-16-11-15;/h12,16H,3-11H2,1-2H3;1H. The zero-order chi connectivity index (χ0) is 14.6. The van der Waals surface area contributed by atoms with E-state index in [4.69, 9.17) is 4.74 Å². The maximum Gasteiger partial charge on any atom is 0.310 e. The zero-order valence-electron chi connectivity index (χ0n) is 13.0. The number of halogens is 1. The summed E-state index contributed by atoms with van der Waals surface area (Å²) >= 11 is 0. The summed E-state index contributed by atoms with van der Waals surface area (Å²) in [6.45, 7) is 7.29. The Hall–Kier alpha value is -0.810. The van der Waals surface area contributed by atoms with Crippen LogP contribution in [-0.2, 0) is 14.3 Å². The van der Waals surface area contributed by atoms with E-state index >= 15 is 0 Å². The van der Waals surface area contributed by atoms with Crippen LogP contribution < -0.4 is 5.32 Å². The Morgan fingerprint density at radius 1 is 1.38 bits per heavy atom. The highest BCUT2D eigenvalue weighted by molar-refractivity contribution is 5.85. The van der Waals surface area contributed by atoms with Crippen LogP contribution >= 0.6 is 12.4 Å². The average Bonchev–Trinajstić information content (AvgIpc) is 2.47. The summed E-state index contributed by atoms with van der Waals surface area (Å²) in [5, 5.41) is 3.31. The number of nitrogens with one attached hydrogen (secondary N) is 1. The Morgan fingerprint density at radius 3 is 2.76 bits per heavy atom. The third kappa shape index (κ3) is 4.33. The number of carbonyl (C=O) groups is 2. The highest BCUT2D eigenvalue weighted by atomic mass is 35.5. The Morgan fingerprint density at radius 2 is 2.14 bits per heavy atom. The summed E-state index contributed by atoms with van der Waals surface area (Å²) in [5.74, 6) is -0.108. The maximum absolute atomic E-state index is 12.7. The normalized spacial score (nSPS) is 29.4. The van der Waals surface area contributed by atoms with Gasteiger partial charge in [0, 0.05) is 19.6 Å². The predicted molar refractivity (Wildman–Crippen MR) is 83.4 cm³/mol. The molecule has 1 amide bonds. The van der Waals surface area contributed by atoms with Crippen LogP contribution in [0.3, 0.4) is 0 Å². The lowest BCUT2D eigenvalue weighted by Gasteiger charge is -2.40. The molecule has 2 aliphatic heterocycles. The molecule has 2 unspecified atom stereocenters. The average molecular weight is 319 g/mol. The maximum atomic E-state index is 12.7. The number of rotatable bonds is 3. The summed E-state index contributed by atoms with van der Waals surface area (Å²) in [6.07, 6.45) is 3.69. The summed E-state index contributed by atoms with van der Waals surface area (Å²) in [7, 11) is 0. The van der Waals surface area contributed by atoms with Gasteiger partial charge in [-0.2, -0.15) is 0 Å². The largest absolute Gasteiger partial charge is 0.466 e. The molecule has 0 bridgehead atoms. The van der Waals surface area contributed by atoms with E-state index in [1.54, 1.807) is 0 Å². The molecular formula is C15H27ClN2O3. The van der Waals surface area contributed by atoms with Gasteiger partial charge in [0.25, 0.3) is 0 Å². The number of likely N-dealkylation sites (tertiary alicyclic amines) is 1. The van der Waals surface area contributed by atoms with E-state index in [1.165, 1.54) is 0 Å². The molecule has 0 aliphatic carbocycles. The van der Waals surface area contributed by atoms with Crippen molar-refractivity contribution in [1.29, 1.82) is 0 Å². The van der Waals surface area contributed by atoms with Gasteiger partial charge in [0.15, 0.2) is 0 Å². The van der Waals surface area contributed by atoms with E-state index in [1.807, 2.05) is 18.7 Å². The van der Waals surface area contributed by atoms with Gasteiger partial charge in [0.1, 0.15) is 0 Å². The smallest absolute Gasteiger partial charge is 0.310 e. The molecule has 2 rings (SSSR count). The van der Waals surface area contributed by atoms with Crippen LogP contribution in [0.5, 0.6) is 0 Å². The van der Waals surface area contributed by atoms with Crippen LogP contribution in [0.25, 0.3) is 0 Å². The van der Waals surface area contributed by atoms with E-state index in [0.29, 0.717) is 13.2 Å². The van der Waals surface area contributed by atoms with Crippen molar-refractivity contribution in [3.8, 4) is 0 Å². The van der Waals surface area contributed by atoms with Crippen LogP contribution in [0.1, 0.15) is 39.5 Å². The molecule has 1 N–H and O–H groups in total. The molecule has 21 heavy (non-hydrogen) atoms. The lowest BCUT2D eigenvalue weighted by molar-refractivity contribution is -0.153. The monoisotopic (exact) mass is 318 g/mol. The molecule has 5 nitrogen and oxygen atoms in total. The summed E-state index contributed by atoms with van der Waals surface area (Å²) in [5.41, 5.74) is -0.311. The van der Waals surface area contributed by atoms with Gasteiger partial charge in [-0.15, -0.1) is 12.4 Å². The molecule has 0 radical (unpaired) electrons. The Kier molecular flexibility index (Phi) is 6.94. The molecule has 0 aromatic heterocycles. The van der Waals surface area contributed by atoms with Gasteiger partial charge in [0.05, 0.1) is 17.9 Å². The van der Waals surface area contributed by atoms with E-state index in [9.17, 15) is 9.59 Å². The number of carbonyl (C=O) groups excluding carboxylic acids is 2. The lowest BCUT2D eigenvalue weighted by atomic mass is 9.80. The van der Waals surface area contributed by atoms with Gasteiger partial charge >= 0.3 is 5.97 Å². The van der Waals surface area contributed by atoms with Gasteiger partial charge in [-0.05, 0) is 46.1 Å². The number of ether oxygens (including phenoxy) is 1. The summed E-state index contributed by atoms with van der Waals surface area (Å²) in [4.78, 5) is 26.5. The van der Waals surface area contributed by atoms with Gasteiger partial charge in [-0.25, -0.2) is 0 Å². The molecule has 0 saturated carbocycles. The van der Waals surface area contributed by atoms with E-state index in [2.05, 4.69) is 5.32 Å². The minimum atomic E-state index is -0.311. The van der Waals surface area contributed by atoms with Crippen LogP contribution in [0, 0.1) is 11.3 Å². The minimum Gasteiger partial charge on any atom is -0.466 e. The van der Waals surface area contributed by atoms with Crippen LogP contribution in [-0.4, -0.2) is 49.6 Å². The summed E-state index contributed by atoms with van der Waals surface area (Å²) in [6, 6.07) is 0. The van der Waals surface area contributed by atoms with Crippen molar-refractivity contribution in [3.63, 3.8) is 0 Å². The fourth-order valence-electron chi connectivity index (χ4n) is 3.23. The molecule has 0 aromatic carbocycles. The molecule has 2 aliphatic rings. The second-order valence-electron chi connectivity index (χ2n) is 6.18.